The smallest absolute Gasteiger partial charge is 0.410 e. The number of likely N-dealkylation sites (tertiary alicyclic amines) is 1. The van der Waals surface area contributed by atoms with E-state index in [1.807, 2.05) is 13.8 Å². The van der Waals surface area contributed by atoms with E-state index in [0.29, 0.717) is 18.7 Å². The Morgan fingerprint density at radius 2 is 1.93 bits per heavy atom. The van der Waals surface area contributed by atoms with E-state index in [1.165, 1.54) is 43.0 Å². The summed E-state index contributed by atoms with van der Waals surface area (Å²) >= 11 is 1.29. The lowest BCUT2D eigenvalue weighted by molar-refractivity contribution is -0.385. The summed E-state index contributed by atoms with van der Waals surface area (Å²) in [6.07, 6.45) is 0.863. The van der Waals surface area contributed by atoms with Crippen molar-refractivity contribution >= 4 is 28.7 Å². The molecule has 0 radical (unpaired) electrons. The van der Waals surface area contributed by atoms with Gasteiger partial charge < -0.3 is 19.1 Å². The highest BCUT2D eigenvalue weighted by molar-refractivity contribution is 8.13. The van der Waals surface area contributed by atoms with Crippen LogP contribution in [0.2, 0.25) is 0 Å². The minimum atomic E-state index is -0.605. The van der Waals surface area contributed by atoms with Crippen LogP contribution in [-0.4, -0.2) is 54.1 Å². The van der Waals surface area contributed by atoms with Crippen LogP contribution >= 0.6 is 11.8 Å². The summed E-state index contributed by atoms with van der Waals surface area (Å²) < 4.78 is 15.5. The molecule has 160 valence electrons. The van der Waals surface area contributed by atoms with Gasteiger partial charge in [0, 0.05) is 18.8 Å². The number of nitrogens with zero attached hydrogens (tertiary/aromatic N) is 2. The molecule has 0 N–H and O–H groups in total. The predicted octanol–water partition coefficient (Wildman–Crippen LogP) is 3.63. The Bertz CT molecular complexity index is 786. The Morgan fingerprint density at radius 1 is 1.28 bits per heavy atom. The lowest BCUT2D eigenvalue weighted by atomic mass is 9.92. The molecule has 1 unspecified atom stereocenters. The lowest BCUT2D eigenvalue weighted by Gasteiger charge is -2.22. The summed E-state index contributed by atoms with van der Waals surface area (Å²) in [4.78, 5) is 37.1. The molecule has 29 heavy (non-hydrogen) atoms. The Morgan fingerprint density at radius 3 is 2.52 bits per heavy atom. The fraction of sp³-hybridized carbons (Fsp3) is 0.579. The second-order valence-corrected chi connectivity index (χ2v) is 8.08. The monoisotopic (exact) mass is 426 g/mol. The maximum atomic E-state index is 12.5. The van der Waals surface area contributed by atoms with Crippen LogP contribution < -0.4 is 9.47 Å². The summed E-state index contributed by atoms with van der Waals surface area (Å²) in [6.45, 7) is 4.25. The van der Waals surface area contributed by atoms with Gasteiger partial charge in [0.25, 0.3) is 5.69 Å². The van der Waals surface area contributed by atoms with Crippen molar-refractivity contribution in [1.29, 1.82) is 0 Å². The number of thioether (sulfide) groups is 1. The molecule has 9 nitrogen and oxygen atoms in total. The van der Waals surface area contributed by atoms with E-state index >= 15 is 0 Å². The third kappa shape index (κ3) is 5.31. The molecule has 1 aliphatic heterocycles. The highest BCUT2D eigenvalue weighted by atomic mass is 32.2. The van der Waals surface area contributed by atoms with Crippen LogP contribution in [-0.2, 0) is 16.1 Å². The van der Waals surface area contributed by atoms with E-state index in [-0.39, 0.29) is 35.3 Å². The summed E-state index contributed by atoms with van der Waals surface area (Å²) in [6, 6.07) is 2.65. The standard InChI is InChI=1S/C19H26N2O7S/c1-5-8-29-17(22)19(2)6-7-20(12-19)18(23)28-11-13-9-15(26-3)16(27-4)10-14(13)21(24)25/h9-10H,5-8,11-12H2,1-4H3. The normalized spacial score (nSPS) is 18.4. The molecule has 0 bridgehead atoms. The third-order valence-electron chi connectivity index (χ3n) is 4.79. The largest absolute Gasteiger partial charge is 0.493 e. The van der Waals surface area contributed by atoms with Crippen molar-refractivity contribution in [1.82, 2.24) is 4.90 Å². The Hall–Kier alpha value is -2.49. The average molecular weight is 426 g/mol. The van der Waals surface area contributed by atoms with Gasteiger partial charge in [-0.05, 0) is 25.8 Å². The number of nitro groups is 1. The van der Waals surface area contributed by atoms with Crippen LogP contribution in [0.25, 0.3) is 0 Å². The zero-order valence-electron chi connectivity index (χ0n) is 17.1. The molecule has 1 heterocycles. The van der Waals surface area contributed by atoms with Gasteiger partial charge >= 0.3 is 6.09 Å². The van der Waals surface area contributed by atoms with E-state index in [0.717, 1.165) is 12.2 Å². The van der Waals surface area contributed by atoms with Gasteiger partial charge in [0.15, 0.2) is 16.6 Å². The molecule has 0 spiro atoms. The fourth-order valence-electron chi connectivity index (χ4n) is 3.08. The Balaban J connectivity index is 2.06. The summed E-state index contributed by atoms with van der Waals surface area (Å²) in [5.41, 5.74) is -0.640. The second-order valence-electron chi connectivity index (χ2n) is 7.02. The third-order valence-corrected chi connectivity index (χ3v) is 6.16. The van der Waals surface area contributed by atoms with Gasteiger partial charge in [0.05, 0.1) is 36.2 Å². The first-order valence-electron chi connectivity index (χ1n) is 9.24. The molecule has 1 saturated heterocycles. The van der Waals surface area contributed by atoms with Gasteiger partial charge in [-0.3, -0.25) is 14.9 Å². The number of hydrogen-bond acceptors (Lipinski definition) is 8. The number of nitro benzene ring substituents is 1. The Labute approximate surface area is 173 Å². The van der Waals surface area contributed by atoms with Gasteiger partial charge in [-0.25, -0.2) is 4.79 Å². The molecular weight excluding hydrogens is 400 g/mol. The zero-order chi connectivity index (χ0) is 21.6. The number of benzene rings is 1. The minimum Gasteiger partial charge on any atom is -0.493 e. The quantitative estimate of drug-likeness (QED) is 0.458. The van der Waals surface area contributed by atoms with Gasteiger partial charge in [0.2, 0.25) is 0 Å². The van der Waals surface area contributed by atoms with Gasteiger partial charge in [-0.1, -0.05) is 18.7 Å². The van der Waals surface area contributed by atoms with Crippen LogP contribution in [0.4, 0.5) is 10.5 Å². The van der Waals surface area contributed by atoms with Crippen LogP contribution in [0.3, 0.4) is 0 Å². The molecule has 1 aliphatic rings. The zero-order valence-corrected chi connectivity index (χ0v) is 17.9. The number of hydrogen-bond donors (Lipinski definition) is 0. The fourth-order valence-corrected chi connectivity index (χ4v) is 3.98. The van der Waals surface area contributed by atoms with E-state index in [9.17, 15) is 19.7 Å². The minimum absolute atomic E-state index is 0.0742. The van der Waals surface area contributed by atoms with E-state index in [1.54, 1.807) is 0 Å². The number of carbonyl (C=O) groups is 2. The van der Waals surface area contributed by atoms with Crippen molar-refractivity contribution in [3.05, 3.63) is 27.8 Å². The number of amides is 1. The van der Waals surface area contributed by atoms with Gasteiger partial charge in [-0.2, -0.15) is 0 Å². The molecule has 10 heteroatoms. The number of ether oxygens (including phenoxy) is 3. The topological polar surface area (TPSA) is 108 Å². The van der Waals surface area contributed by atoms with E-state index in [4.69, 9.17) is 14.2 Å². The predicted molar refractivity (Wildman–Crippen MR) is 108 cm³/mol. The van der Waals surface area contributed by atoms with Crippen molar-refractivity contribution < 1.29 is 28.7 Å². The van der Waals surface area contributed by atoms with E-state index < -0.39 is 16.4 Å². The van der Waals surface area contributed by atoms with Crippen LogP contribution in [0.1, 0.15) is 32.3 Å². The van der Waals surface area contributed by atoms with Crippen LogP contribution in [0.5, 0.6) is 11.5 Å². The molecule has 1 fully saturated rings. The maximum absolute atomic E-state index is 12.5. The summed E-state index contributed by atoms with van der Waals surface area (Å²) in [7, 11) is 2.80. The molecule has 0 saturated carbocycles. The average Bonchev–Trinajstić information content (AvgIpc) is 3.12. The maximum Gasteiger partial charge on any atom is 0.410 e. The molecule has 1 aromatic carbocycles. The second kappa shape index (κ2) is 9.82. The lowest BCUT2D eigenvalue weighted by Crippen LogP contribution is -2.34. The number of rotatable bonds is 8. The highest BCUT2D eigenvalue weighted by Gasteiger charge is 2.42. The number of carbonyl (C=O) groups excluding carboxylic acids is 2. The first-order valence-corrected chi connectivity index (χ1v) is 10.2. The molecule has 1 amide bonds. The van der Waals surface area contributed by atoms with E-state index in [2.05, 4.69) is 0 Å². The molecule has 2 rings (SSSR count). The first-order chi connectivity index (χ1) is 13.8. The first kappa shape index (κ1) is 22.8. The summed E-state index contributed by atoms with van der Waals surface area (Å²) in [5.74, 6) is 1.27. The van der Waals surface area contributed by atoms with Crippen molar-refractivity contribution in [2.75, 3.05) is 33.1 Å². The highest BCUT2D eigenvalue weighted by Crippen LogP contribution is 2.37. The SMILES string of the molecule is CCCSC(=O)C1(C)CCN(C(=O)OCc2cc(OC)c(OC)cc2[N+](=O)[O-])C1. The van der Waals surface area contributed by atoms with Crippen LogP contribution in [0, 0.1) is 15.5 Å². The molecule has 0 aliphatic carbocycles. The molecule has 1 atom stereocenters. The van der Waals surface area contributed by atoms with Gasteiger partial charge in [0.1, 0.15) is 6.61 Å². The van der Waals surface area contributed by atoms with Crippen molar-refractivity contribution in [2.45, 2.75) is 33.3 Å². The Kier molecular flexibility index (Phi) is 7.72. The van der Waals surface area contributed by atoms with Crippen molar-refractivity contribution in [3.63, 3.8) is 0 Å². The van der Waals surface area contributed by atoms with Crippen LogP contribution in [0.15, 0.2) is 12.1 Å². The molecule has 0 aromatic heterocycles. The van der Waals surface area contributed by atoms with Crippen molar-refractivity contribution in [3.8, 4) is 11.5 Å². The molecule has 1 aromatic rings. The number of methoxy groups -OCH3 is 2. The molecular formula is C19H26N2O7S. The van der Waals surface area contributed by atoms with Gasteiger partial charge in [-0.15, -0.1) is 0 Å². The summed E-state index contributed by atoms with van der Waals surface area (Å²) in [5, 5.41) is 11.4. The van der Waals surface area contributed by atoms with Crippen molar-refractivity contribution in [2.24, 2.45) is 5.41 Å².